The molecular weight excluding hydrogens is 447 g/mol. The summed E-state index contributed by atoms with van der Waals surface area (Å²) in [5, 5.41) is 2.86. The van der Waals surface area contributed by atoms with E-state index in [1.54, 1.807) is 6.07 Å². The molecule has 0 fully saturated rings. The summed E-state index contributed by atoms with van der Waals surface area (Å²) < 4.78 is 39.8. The van der Waals surface area contributed by atoms with E-state index in [0.29, 0.717) is 11.0 Å². The summed E-state index contributed by atoms with van der Waals surface area (Å²) in [6, 6.07) is 14.1. The highest BCUT2D eigenvalue weighted by atomic mass is 79.9. The van der Waals surface area contributed by atoms with Gasteiger partial charge in [-0.2, -0.15) is 0 Å². The fraction of sp³-hybridized carbons (Fsp3) is 0.350. The number of halogens is 2. The molecule has 1 N–H and O–H groups in total. The molecule has 2 aromatic carbocycles. The van der Waals surface area contributed by atoms with Crippen LogP contribution < -0.4 is 9.62 Å². The van der Waals surface area contributed by atoms with E-state index in [-0.39, 0.29) is 36.9 Å². The van der Waals surface area contributed by atoms with Gasteiger partial charge in [-0.1, -0.05) is 53.2 Å². The quantitative estimate of drug-likeness (QED) is 0.600. The zero-order valence-corrected chi connectivity index (χ0v) is 18.3. The van der Waals surface area contributed by atoms with Gasteiger partial charge in [0.25, 0.3) is 0 Å². The summed E-state index contributed by atoms with van der Waals surface area (Å²) in [6.07, 6.45) is 1.47. The molecule has 1 atom stereocenters. The van der Waals surface area contributed by atoms with Gasteiger partial charge in [0.1, 0.15) is 5.82 Å². The van der Waals surface area contributed by atoms with Gasteiger partial charge in [0, 0.05) is 24.0 Å². The number of sulfonamides is 1. The van der Waals surface area contributed by atoms with Gasteiger partial charge in [-0.25, -0.2) is 12.8 Å². The lowest BCUT2D eigenvalue weighted by Crippen LogP contribution is -2.33. The molecule has 152 valence electrons. The van der Waals surface area contributed by atoms with Gasteiger partial charge >= 0.3 is 0 Å². The molecule has 0 aliphatic carbocycles. The van der Waals surface area contributed by atoms with Crippen molar-refractivity contribution in [3.05, 3.63) is 64.4 Å². The minimum Gasteiger partial charge on any atom is -0.356 e. The predicted octanol–water partition coefficient (Wildman–Crippen LogP) is 4.05. The van der Waals surface area contributed by atoms with E-state index in [4.69, 9.17) is 0 Å². The van der Waals surface area contributed by atoms with Gasteiger partial charge in [0.2, 0.25) is 15.9 Å². The third-order valence-corrected chi connectivity index (χ3v) is 5.99. The number of carbonyl (C=O) groups excluding carboxylic acids is 1. The Morgan fingerprint density at radius 1 is 1.21 bits per heavy atom. The molecule has 2 rings (SSSR count). The van der Waals surface area contributed by atoms with Crippen LogP contribution in [-0.2, 0) is 14.8 Å². The Bertz CT molecular complexity index is 907. The minimum absolute atomic E-state index is 0.0243. The van der Waals surface area contributed by atoms with Crippen molar-refractivity contribution in [1.29, 1.82) is 0 Å². The Morgan fingerprint density at radius 3 is 2.50 bits per heavy atom. The van der Waals surface area contributed by atoms with Crippen LogP contribution in [0, 0.1) is 5.82 Å². The van der Waals surface area contributed by atoms with Crippen molar-refractivity contribution in [1.82, 2.24) is 5.32 Å². The van der Waals surface area contributed by atoms with E-state index in [2.05, 4.69) is 21.2 Å². The maximum atomic E-state index is 14.2. The molecule has 5 nitrogen and oxygen atoms in total. The van der Waals surface area contributed by atoms with Gasteiger partial charge in [-0.05, 0) is 36.1 Å². The summed E-state index contributed by atoms with van der Waals surface area (Å²) >= 11 is 3.15. The zero-order valence-electron chi connectivity index (χ0n) is 15.9. The molecule has 2 aromatic rings. The predicted molar refractivity (Wildman–Crippen MR) is 113 cm³/mol. The minimum atomic E-state index is -3.67. The zero-order chi connectivity index (χ0) is 20.7. The Kier molecular flexibility index (Phi) is 8.00. The number of anilines is 1. The fourth-order valence-corrected chi connectivity index (χ4v) is 4.09. The first-order valence-corrected chi connectivity index (χ1v) is 11.6. The summed E-state index contributed by atoms with van der Waals surface area (Å²) in [6.45, 7) is 2.55. The third-order valence-electron chi connectivity index (χ3n) is 4.32. The molecule has 0 radical (unpaired) electrons. The van der Waals surface area contributed by atoms with Crippen molar-refractivity contribution >= 4 is 37.5 Å². The van der Waals surface area contributed by atoms with E-state index < -0.39 is 15.8 Å². The van der Waals surface area contributed by atoms with Crippen LogP contribution >= 0.6 is 15.9 Å². The molecule has 0 saturated heterocycles. The molecule has 0 aliphatic heterocycles. The maximum Gasteiger partial charge on any atom is 0.232 e. The fourth-order valence-electron chi connectivity index (χ4n) is 2.79. The van der Waals surface area contributed by atoms with Gasteiger partial charge < -0.3 is 5.32 Å². The van der Waals surface area contributed by atoms with Crippen LogP contribution in [0.15, 0.2) is 53.0 Å². The second-order valence-electron chi connectivity index (χ2n) is 6.65. The first kappa shape index (κ1) is 22.4. The van der Waals surface area contributed by atoms with E-state index >= 15 is 0 Å². The van der Waals surface area contributed by atoms with Crippen LogP contribution in [0.2, 0.25) is 0 Å². The highest BCUT2D eigenvalue weighted by molar-refractivity contribution is 9.10. The Balaban J connectivity index is 1.89. The summed E-state index contributed by atoms with van der Waals surface area (Å²) in [4.78, 5) is 12.1. The van der Waals surface area contributed by atoms with Crippen LogP contribution in [-0.4, -0.2) is 33.7 Å². The van der Waals surface area contributed by atoms with Gasteiger partial charge in [0.05, 0.1) is 11.9 Å². The molecular formula is C20H24BrFN2O3S. The van der Waals surface area contributed by atoms with Gasteiger partial charge in [-0.15, -0.1) is 0 Å². The van der Waals surface area contributed by atoms with E-state index in [9.17, 15) is 17.6 Å². The average molecular weight is 471 g/mol. The smallest absolute Gasteiger partial charge is 0.232 e. The normalized spacial score (nSPS) is 12.4. The molecule has 0 aliphatic rings. The number of hydrogen-bond acceptors (Lipinski definition) is 3. The monoisotopic (exact) mass is 470 g/mol. The number of nitrogens with zero attached hydrogens (tertiary/aromatic N) is 1. The lowest BCUT2D eigenvalue weighted by molar-refractivity contribution is -0.121. The maximum absolute atomic E-state index is 14.2. The van der Waals surface area contributed by atoms with Gasteiger partial charge in [-0.3, -0.25) is 9.10 Å². The molecule has 1 amide bonds. The molecule has 8 heteroatoms. The number of nitrogens with one attached hydrogen (secondary N) is 1. The van der Waals surface area contributed by atoms with E-state index in [0.717, 1.165) is 16.1 Å². The first-order chi connectivity index (χ1) is 13.2. The molecule has 0 aromatic heterocycles. The van der Waals surface area contributed by atoms with Crippen LogP contribution in [0.25, 0.3) is 0 Å². The van der Waals surface area contributed by atoms with Crippen molar-refractivity contribution in [3.63, 3.8) is 0 Å². The summed E-state index contributed by atoms with van der Waals surface area (Å²) in [7, 11) is -3.67. The van der Waals surface area contributed by atoms with E-state index in [1.807, 2.05) is 37.3 Å². The molecule has 0 bridgehead atoms. The second kappa shape index (κ2) is 10.0. The van der Waals surface area contributed by atoms with Crippen molar-refractivity contribution < 1.29 is 17.6 Å². The van der Waals surface area contributed by atoms with Crippen LogP contribution in [0.1, 0.15) is 31.2 Å². The first-order valence-electron chi connectivity index (χ1n) is 8.93. The topological polar surface area (TPSA) is 66.5 Å². The molecule has 28 heavy (non-hydrogen) atoms. The number of amides is 1. The van der Waals surface area contributed by atoms with Crippen molar-refractivity contribution in [3.8, 4) is 0 Å². The molecule has 1 unspecified atom stereocenters. The largest absolute Gasteiger partial charge is 0.356 e. The lowest BCUT2D eigenvalue weighted by Gasteiger charge is -2.23. The number of benzene rings is 2. The van der Waals surface area contributed by atoms with Crippen molar-refractivity contribution in [2.24, 2.45) is 0 Å². The SMILES string of the molecule is CC(CNC(=O)CCCN(c1ccc(Br)cc1F)S(C)(=O)=O)c1ccccc1. The Hall–Kier alpha value is -1.93. The average Bonchev–Trinajstić information content (AvgIpc) is 2.64. The highest BCUT2D eigenvalue weighted by Gasteiger charge is 2.21. The molecule has 0 saturated carbocycles. The van der Waals surface area contributed by atoms with E-state index in [1.165, 1.54) is 12.1 Å². The van der Waals surface area contributed by atoms with Crippen LogP contribution in [0.4, 0.5) is 10.1 Å². The van der Waals surface area contributed by atoms with Gasteiger partial charge in [0.15, 0.2) is 0 Å². The molecule has 0 spiro atoms. The van der Waals surface area contributed by atoms with Crippen molar-refractivity contribution in [2.45, 2.75) is 25.7 Å². The summed E-state index contributed by atoms with van der Waals surface area (Å²) in [5.74, 6) is -0.622. The summed E-state index contributed by atoms with van der Waals surface area (Å²) in [5.41, 5.74) is 1.11. The standard InChI is InChI=1S/C20H24BrFN2O3S/c1-15(16-7-4-3-5-8-16)14-23-20(25)9-6-12-24(28(2,26)27)19-11-10-17(21)13-18(19)22/h3-5,7-8,10-11,13,15H,6,9,12,14H2,1-2H3,(H,23,25). The van der Waals surface area contributed by atoms with Crippen molar-refractivity contribution in [2.75, 3.05) is 23.7 Å². The highest BCUT2D eigenvalue weighted by Crippen LogP contribution is 2.25. The Morgan fingerprint density at radius 2 is 1.89 bits per heavy atom. The van der Waals surface area contributed by atoms with Crippen LogP contribution in [0.3, 0.4) is 0 Å². The number of rotatable bonds is 9. The molecule has 0 heterocycles. The lowest BCUT2D eigenvalue weighted by atomic mass is 10.0. The number of hydrogen-bond donors (Lipinski definition) is 1. The van der Waals surface area contributed by atoms with Crippen LogP contribution in [0.5, 0.6) is 0 Å². The second-order valence-corrected chi connectivity index (χ2v) is 9.47. The number of carbonyl (C=O) groups is 1. The Labute approximate surface area is 174 Å². The third kappa shape index (κ3) is 6.60.